The van der Waals surface area contributed by atoms with Crippen LogP contribution in [0, 0.1) is 0 Å². The van der Waals surface area contributed by atoms with E-state index in [9.17, 15) is 0 Å². The molecule has 1 aliphatic heterocycles. The summed E-state index contributed by atoms with van der Waals surface area (Å²) in [7, 11) is 0. The third-order valence-electron chi connectivity index (χ3n) is 3.06. The maximum absolute atomic E-state index is 5.83. The van der Waals surface area contributed by atoms with Gasteiger partial charge in [0.1, 0.15) is 0 Å². The minimum absolute atomic E-state index is 0.0543. The van der Waals surface area contributed by atoms with Crippen LogP contribution in [0.4, 0.5) is 5.69 Å². The Morgan fingerprint density at radius 3 is 2.24 bits per heavy atom. The highest BCUT2D eigenvalue weighted by Gasteiger charge is 2.26. The molecule has 1 fully saturated rings. The molecular weight excluding hydrogens is 210 g/mol. The molecule has 0 saturated carbocycles. The molecule has 3 rings (SSSR count). The van der Waals surface area contributed by atoms with Crippen LogP contribution in [0.2, 0.25) is 0 Å². The molecular formula is C15H15NO. The molecule has 86 valence electrons. The highest BCUT2D eigenvalue weighted by molar-refractivity contribution is 5.48. The van der Waals surface area contributed by atoms with Crippen LogP contribution in [0.25, 0.3) is 0 Å². The molecule has 1 aliphatic rings. The van der Waals surface area contributed by atoms with Crippen LogP contribution in [0.3, 0.4) is 0 Å². The van der Waals surface area contributed by atoms with Gasteiger partial charge in [0.15, 0.2) is 6.23 Å². The van der Waals surface area contributed by atoms with Gasteiger partial charge in [0.25, 0.3) is 0 Å². The molecule has 2 aromatic rings. The fraction of sp³-hybridized carbons (Fsp3) is 0.200. The van der Waals surface area contributed by atoms with Crippen LogP contribution in [0.1, 0.15) is 11.8 Å². The summed E-state index contributed by atoms with van der Waals surface area (Å²) < 4.78 is 5.83. The van der Waals surface area contributed by atoms with Gasteiger partial charge in [-0.1, -0.05) is 48.5 Å². The second kappa shape index (κ2) is 4.60. The van der Waals surface area contributed by atoms with Crippen molar-refractivity contribution in [2.24, 2.45) is 0 Å². The van der Waals surface area contributed by atoms with E-state index >= 15 is 0 Å². The monoisotopic (exact) mass is 225 g/mol. The van der Waals surface area contributed by atoms with E-state index in [-0.39, 0.29) is 6.23 Å². The second-order valence-electron chi connectivity index (χ2n) is 4.16. The van der Waals surface area contributed by atoms with Gasteiger partial charge in [-0.25, -0.2) is 0 Å². The average Bonchev–Trinajstić information content (AvgIpc) is 2.90. The molecule has 0 bridgehead atoms. The van der Waals surface area contributed by atoms with Gasteiger partial charge < -0.3 is 9.64 Å². The van der Waals surface area contributed by atoms with Crippen LogP contribution in [0.15, 0.2) is 60.7 Å². The number of nitrogens with zero attached hydrogens (tertiary/aromatic N) is 1. The van der Waals surface area contributed by atoms with E-state index in [4.69, 9.17) is 4.74 Å². The van der Waals surface area contributed by atoms with Crippen molar-refractivity contribution in [2.75, 3.05) is 18.1 Å². The van der Waals surface area contributed by atoms with Gasteiger partial charge in [0, 0.05) is 17.8 Å². The summed E-state index contributed by atoms with van der Waals surface area (Å²) in [4.78, 5) is 2.30. The lowest BCUT2D eigenvalue weighted by molar-refractivity contribution is 0.114. The average molecular weight is 225 g/mol. The summed E-state index contributed by atoms with van der Waals surface area (Å²) in [5.41, 5.74) is 2.44. The van der Waals surface area contributed by atoms with Crippen molar-refractivity contribution in [2.45, 2.75) is 6.23 Å². The highest BCUT2D eigenvalue weighted by atomic mass is 16.5. The Kier molecular flexibility index (Phi) is 2.80. The van der Waals surface area contributed by atoms with Crippen molar-refractivity contribution >= 4 is 5.69 Å². The van der Waals surface area contributed by atoms with Crippen molar-refractivity contribution in [1.29, 1.82) is 0 Å². The van der Waals surface area contributed by atoms with Crippen LogP contribution < -0.4 is 4.90 Å². The zero-order valence-electron chi connectivity index (χ0n) is 9.62. The van der Waals surface area contributed by atoms with Gasteiger partial charge in [-0.15, -0.1) is 0 Å². The van der Waals surface area contributed by atoms with Gasteiger partial charge in [0.05, 0.1) is 6.61 Å². The lowest BCUT2D eigenvalue weighted by Gasteiger charge is -2.25. The Balaban J connectivity index is 1.91. The van der Waals surface area contributed by atoms with E-state index < -0.39 is 0 Å². The van der Waals surface area contributed by atoms with E-state index in [1.807, 2.05) is 12.1 Å². The third-order valence-corrected chi connectivity index (χ3v) is 3.06. The number of anilines is 1. The molecule has 2 heteroatoms. The fourth-order valence-electron chi connectivity index (χ4n) is 2.25. The maximum Gasteiger partial charge on any atom is 0.156 e. The topological polar surface area (TPSA) is 12.5 Å². The molecule has 0 amide bonds. The van der Waals surface area contributed by atoms with E-state index in [1.165, 1.54) is 11.3 Å². The quantitative estimate of drug-likeness (QED) is 0.778. The van der Waals surface area contributed by atoms with Crippen molar-refractivity contribution in [1.82, 2.24) is 0 Å². The summed E-state index contributed by atoms with van der Waals surface area (Å²) in [6, 6.07) is 20.8. The molecule has 0 radical (unpaired) electrons. The summed E-state index contributed by atoms with van der Waals surface area (Å²) >= 11 is 0. The first-order valence-corrected chi connectivity index (χ1v) is 5.93. The molecule has 1 saturated heterocycles. The van der Waals surface area contributed by atoms with Crippen LogP contribution in [-0.4, -0.2) is 13.2 Å². The number of hydrogen-bond donors (Lipinski definition) is 0. The van der Waals surface area contributed by atoms with Crippen molar-refractivity contribution in [3.05, 3.63) is 66.2 Å². The van der Waals surface area contributed by atoms with Crippen LogP contribution in [0.5, 0.6) is 0 Å². The van der Waals surface area contributed by atoms with Crippen LogP contribution >= 0.6 is 0 Å². The van der Waals surface area contributed by atoms with Gasteiger partial charge in [-0.05, 0) is 12.1 Å². The molecule has 1 atom stereocenters. The largest absolute Gasteiger partial charge is 0.352 e. The Morgan fingerprint density at radius 1 is 0.882 bits per heavy atom. The standard InChI is InChI=1S/C15H15NO/c1-3-7-13(8-4-1)15-16(11-12-17-15)14-9-5-2-6-10-14/h1-10,15H,11-12H2/t15-/m0/s1. The van der Waals surface area contributed by atoms with E-state index in [0.717, 1.165) is 13.2 Å². The molecule has 0 N–H and O–H groups in total. The smallest absolute Gasteiger partial charge is 0.156 e. The number of rotatable bonds is 2. The number of para-hydroxylation sites is 1. The van der Waals surface area contributed by atoms with Gasteiger partial charge in [0.2, 0.25) is 0 Å². The first kappa shape index (κ1) is 10.4. The highest BCUT2D eigenvalue weighted by Crippen LogP contribution is 2.31. The lowest BCUT2D eigenvalue weighted by Crippen LogP contribution is -2.23. The molecule has 0 spiro atoms. The van der Waals surface area contributed by atoms with E-state index in [2.05, 4.69) is 53.4 Å². The SMILES string of the molecule is c1ccc([C@@H]2OCCN2c2ccccc2)cc1. The van der Waals surface area contributed by atoms with Crippen molar-refractivity contribution in [3.63, 3.8) is 0 Å². The summed E-state index contributed by atoms with van der Waals surface area (Å²) in [6.07, 6.45) is 0.0543. The summed E-state index contributed by atoms with van der Waals surface area (Å²) in [6.45, 7) is 1.73. The Morgan fingerprint density at radius 2 is 1.53 bits per heavy atom. The van der Waals surface area contributed by atoms with E-state index in [0.29, 0.717) is 0 Å². The Labute approximate surface area is 101 Å². The van der Waals surface area contributed by atoms with Crippen molar-refractivity contribution < 1.29 is 4.74 Å². The van der Waals surface area contributed by atoms with Gasteiger partial charge >= 0.3 is 0 Å². The Hall–Kier alpha value is -1.80. The number of ether oxygens (including phenoxy) is 1. The predicted octanol–water partition coefficient (Wildman–Crippen LogP) is 3.22. The normalized spacial score (nSPS) is 19.5. The molecule has 17 heavy (non-hydrogen) atoms. The van der Waals surface area contributed by atoms with Gasteiger partial charge in [-0.2, -0.15) is 0 Å². The zero-order chi connectivity index (χ0) is 11.5. The Bertz CT molecular complexity index is 423. The van der Waals surface area contributed by atoms with Crippen molar-refractivity contribution in [3.8, 4) is 0 Å². The second-order valence-corrected chi connectivity index (χ2v) is 4.16. The fourth-order valence-corrected chi connectivity index (χ4v) is 2.25. The maximum atomic E-state index is 5.83. The number of benzene rings is 2. The minimum Gasteiger partial charge on any atom is -0.352 e. The molecule has 0 aromatic heterocycles. The first-order valence-electron chi connectivity index (χ1n) is 5.93. The summed E-state index contributed by atoms with van der Waals surface area (Å²) in [5, 5.41) is 0. The molecule has 2 aromatic carbocycles. The van der Waals surface area contributed by atoms with Crippen LogP contribution in [-0.2, 0) is 4.74 Å². The zero-order valence-corrected chi connectivity index (χ0v) is 9.62. The summed E-state index contributed by atoms with van der Waals surface area (Å²) in [5.74, 6) is 0. The third kappa shape index (κ3) is 2.04. The molecule has 2 nitrogen and oxygen atoms in total. The van der Waals surface area contributed by atoms with E-state index in [1.54, 1.807) is 0 Å². The lowest BCUT2D eigenvalue weighted by atomic mass is 10.1. The minimum atomic E-state index is 0.0543. The van der Waals surface area contributed by atoms with Gasteiger partial charge in [-0.3, -0.25) is 0 Å². The number of hydrogen-bond acceptors (Lipinski definition) is 2. The molecule has 0 unspecified atom stereocenters. The first-order chi connectivity index (χ1) is 8.45. The predicted molar refractivity (Wildman–Crippen MR) is 68.9 cm³/mol. The molecule has 1 heterocycles. The molecule has 0 aliphatic carbocycles.